The summed E-state index contributed by atoms with van der Waals surface area (Å²) >= 11 is 0. The fourth-order valence-corrected chi connectivity index (χ4v) is 2.63. The van der Waals surface area contributed by atoms with Crippen LogP contribution in [-0.4, -0.2) is 43.2 Å². The lowest BCUT2D eigenvalue weighted by atomic mass is 9.94. The highest BCUT2D eigenvalue weighted by Gasteiger charge is 2.16. The standard InChI is InChI=1S/C18H31N3O/c1-4-10-19-12-7-16(3)18(22)20-11-6-13-21-14-8-17(5-2)9-15-21/h4,7,10,12,17H,5-6,8-9,11,13-15H2,1-3H3,(H,20,22)/b10-4-,16-7+,19-12+. The average molecular weight is 305 g/mol. The predicted octanol–water partition coefficient (Wildman–Crippen LogP) is 3.17. The Balaban J connectivity index is 2.15. The summed E-state index contributed by atoms with van der Waals surface area (Å²) in [4.78, 5) is 18.4. The van der Waals surface area contributed by atoms with Gasteiger partial charge in [-0.2, -0.15) is 0 Å². The van der Waals surface area contributed by atoms with Gasteiger partial charge in [0.2, 0.25) is 5.91 Å². The van der Waals surface area contributed by atoms with Gasteiger partial charge >= 0.3 is 0 Å². The van der Waals surface area contributed by atoms with E-state index in [0.29, 0.717) is 5.57 Å². The smallest absolute Gasteiger partial charge is 0.246 e. The van der Waals surface area contributed by atoms with E-state index in [1.165, 1.54) is 32.4 Å². The second-order valence-electron chi connectivity index (χ2n) is 5.93. The maximum absolute atomic E-state index is 11.9. The minimum absolute atomic E-state index is 0.00313. The lowest BCUT2D eigenvalue weighted by Crippen LogP contribution is -2.36. The molecule has 1 aliphatic heterocycles. The van der Waals surface area contributed by atoms with E-state index in [1.807, 2.05) is 19.9 Å². The first-order chi connectivity index (χ1) is 10.7. The quantitative estimate of drug-likeness (QED) is 0.425. The van der Waals surface area contributed by atoms with Gasteiger partial charge in [0.05, 0.1) is 0 Å². The molecule has 1 saturated heterocycles. The molecule has 1 aliphatic rings. The highest BCUT2D eigenvalue weighted by molar-refractivity contribution is 5.96. The zero-order valence-corrected chi connectivity index (χ0v) is 14.3. The van der Waals surface area contributed by atoms with Crippen molar-refractivity contribution < 1.29 is 4.79 Å². The first-order valence-electron chi connectivity index (χ1n) is 8.49. The summed E-state index contributed by atoms with van der Waals surface area (Å²) in [6.07, 6.45) is 11.9. The van der Waals surface area contributed by atoms with Gasteiger partial charge in [-0.05, 0) is 64.7 Å². The van der Waals surface area contributed by atoms with Crippen LogP contribution in [0.25, 0.3) is 0 Å². The number of amides is 1. The Morgan fingerprint density at radius 3 is 2.73 bits per heavy atom. The molecule has 1 heterocycles. The highest BCUT2D eigenvalue weighted by Crippen LogP contribution is 2.19. The van der Waals surface area contributed by atoms with Gasteiger partial charge in [-0.25, -0.2) is 0 Å². The van der Waals surface area contributed by atoms with Crippen LogP contribution in [0.2, 0.25) is 0 Å². The number of likely N-dealkylation sites (tertiary alicyclic amines) is 1. The second-order valence-corrected chi connectivity index (χ2v) is 5.93. The molecule has 1 N–H and O–H groups in total. The van der Waals surface area contributed by atoms with Crippen molar-refractivity contribution in [3.8, 4) is 0 Å². The molecule has 124 valence electrons. The van der Waals surface area contributed by atoms with E-state index in [4.69, 9.17) is 0 Å². The second kappa shape index (κ2) is 11.2. The van der Waals surface area contributed by atoms with Gasteiger partial charge < -0.3 is 10.2 Å². The number of carbonyl (C=O) groups is 1. The average Bonchev–Trinajstić information content (AvgIpc) is 2.55. The number of nitrogens with one attached hydrogen (secondary N) is 1. The van der Waals surface area contributed by atoms with Crippen LogP contribution in [0.1, 0.15) is 46.5 Å². The van der Waals surface area contributed by atoms with E-state index >= 15 is 0 Å². The zero-order chi connectivity index (χ0) is 16.2. The molecule has 0 radical (unpaired) electrons. The van der Waals surface area contributed by atoms with Crippen LogP contribution in [0, 0.1) is 5.92 Å². The Bertz CT molecular complexity index is 405. The normalized spacial score (nSPS) is 18.4. The van der Waals surface area contributed by atoms with E-state index < -0.39 is 0 Å². The number of carbonyl (C=O) groups excluding carboxylic acids is 1. The molecule has 1 amide bonds. The van der Waals surface area contributed by atoms with Gasteiger partial charge in [0.15, 0.2) is 0 Å². The van der Waals surface area contributed by atoms with Gasteiger partial charge in [-0.1, -0.05) is 19.4 Å². The first kappa shape index (κ1) is 18.6. The van der Waals surface area contributed by atoms with E-state index in [2.05, 4.69) is 22.1 Å². The summed E-state index contributed by atoms with van der Waals surface area (Å²) < 4.78 is 0. The summed E-state index contributed by atoms with van der Waals surface area (Å²) in [5.74, 6) is 0.921. The maximum Gasteiger partial charge on any atom is 0.246 e. The zero-order valence-electron chi connectivity index (χ0n) is 14.3. The number of hydrogen-bond acceptors (Lipinski definition) is 3. The molecule has 0 bridgehead atoms. The van der Waals surface area contributed by atoms with E-state index in [1.54, 1.807) is 18.5 Å². The monoisotopic (exact) mass is 305 g/mol. The summed E-state index contributed by atoms with van der Waals surface area (Å²) in [6.45, 7) is 10.3. The lowest BCUT2D eigenvalue weighted by molar-refractivity contribution is -0.117. The van der Waals surface area contributed by atoms with Gasteiger partial charge in [0, 0.05) is 24.5 Å². The van der Waals surface area contributed by atoms with Crippen molar-refractivity contribution in [1.82, 2.24) is 10.2 Å². The highest BCUT2D eigenvalue weighted by atomic mass is 16.1. The summed E-state index contributed by atoms with van der Waals surface area (Å²) in [6, 6.07) is 0. The molecule has 0 atom stereocenters. The third kappa shape index (κ3) is 7.55. The maximum atomic E-state index is 11.9. The molecule has 0 saturated carbocycles. The van der Waals surface area contributed by atoms with Crippen molar-refractivity contribution >= 4 is 12.1 Å². The summed E-state index contributed by atoms with van der Waals surface area (Å²) in [7, 11) is 0. The van der Waals surface area contributed by atoms with Crippen molar-refractivity contribution in [3.63, 3.8) is 0 Å². The molecule has 4 heteroatoms. The van der Waals surface area contributed by atoms with Crippen molar-refractivity contribution in [2.45, 2.75) is 46.5 Å². The van der Waals surface area contributed by atoms with Gasteiger partial charge in [0.25, 0.3) is 0 Å². The van der Waals surface area contributed by atoms with Gasteiger partial charge in [-0.15, -0.1) is 0 Å². The Morgan fingerprint density at radius 1 is 1.36 bits per heavy atom. The van der Waals surface area contributed by atoms with Crippen molar-refractivity contribution in [3.05, 3.63) is 23.9 Å². The molecule has 1 fully saturated rings. The molecule has 0 aromatic rings. The predicted molar refractivity (Wildman–Crippen MR) is 94.1 cm³/mol. The molecule has 22 heavy (non-hydrogen) atoms. The fourth-order valence-electron chi connectivity index (χ4n) is 2.63. The molecule has 4 nitrogen and oxygen atoms in total. The summed E-state index contributed by atoms with van der Waals surface area (Å²) in [5, 5.41) is 2.97. The van der Waals surface area contributed by atoms with Crippen molar-refractivity contribution in [2.24, 2.45) is 10.9 Å². The largest absolute Gasteiger partial charge is 0.352 e. The molecule has 0 aliphatic carbocycles. The fraction of sp³-hybridized carbons (Fsp3) is 0.667. The Morgan fingerprint density at radius 2 is 2.09 bits per heavy atom. The first-order valence-corrected chi connectivity index (χ1v) is 8.49. The van der Waals surface area contributed by atoms with Crippen LogP contribution in [0.5, 0.6) is 0 Å². The molecule has 0 aromatic heterocycles. The third-order valence-corrected chi connectivity index (χ3v) is 4.23. The number of piperidine rings is 1. The van der Waals surface area contributed by atoms with Gasteiger partial charge in [0.1, 0.15) is 0 Å². The van der Waals surface area contributed by atoms with Crippen LogP contribution < -0.4 is 5.32 Å². The minimum Gasteiger partial charge on any atom is -0.352 e. The number of allylic oxidation sites excluding steroid dienone is 2. The van der Waals surface area contributed by atoms with E-state index in [9.17, 15) is 4.79 Å². The molecule has 0 spiro atoms. The Kier molecular flexibility index (Phi) is 9.47. The molecular weight excluding hydrogens is 274 g/mol. The topological polar surface area (TPSA) is 44.7 Å². The molecule has 0 unspecified atom stereocenters. The van der Waals surface area contributed by atoms with Crippen LogP contribution >= 0.6 is 0 Å². The van der Waals surface area contributed by atoms with E-state index in [-0.39, 0.29) is 5.91 Å². The number of rotatable bonds is 8. The molecular formula is C18H31N3O. The SMILES string of the molecule is C\C=C/N=C/C=C(\C)C(=O)NCCCN1CCC(CC)CC1. The van der Waals surface area contributed by atoms with Crippen LogP contribution in [0.3, 0.4) is 0 Å². The van der Waals surface area contributed by atoms with Crippen LogP contribution in [0.4, 0.5) is 0 Å². The van der Waals surface area contributed by atoms with Crippen LogP contribution in [0.15, 0.2) is 28.9 Å². The number of hydrogen-bond donors (Lipinski definition) is 1. The Hall–Kier alpha value is -1.42. The summed E-state index contributed by atoms with van der Waals surface area (Å²) in [5.41, 5.74) is 0.692. The lowest BCUT2D eigenvalue weighted by Gasteiger charge is -2.31. The molecule has 0 aromatic carbocycles. The Labute approximate surface area is 135 Å². The number of nitrogens with zero attached hydrogens (tertiary/aromatic N) is 2. The van der Waals surface area contributed by atoms with Crippen LogP contribution in [-0.2, 0) is 4.79 Å². The van der Waals surface area contributed by atoms with Crippen molar-refractivity contribution in [2.75, 3.05) is 26.2 Å². The van der Waals surface area contributed by atoms with Crippen molar-refractivity contribution in [1.29, 1.82) is 0 Å². The molecule has 1 rings (SSSR count). The number of aliphatic imine (C=N–C) groups is 1. The van der Waals surface area contributed by atoms with Gasteiger partial charge in [-0.3, -0.25) is 9.79 Å². The van der Waals surface area contributed by atoms with E-state index in [0.717, 1.165) is 25.4 Å². The minimum atomic E-state index is -0.00313. The third-order valence-electron chi connectivity index (χ3n) is 4.23.